The molecule has 0 spiro atoms. The van der Waals surface area contributed by atoms with Crippen molar-refractivity contribution >= 4 is 39.5 Å². The fraction of sp³-hybridized carbons (Fsp3) is 0.949. The van der Waals surface area contributed by atoms with Gasteiger partial charge in [0.25, 0.3) is 0 Å². The Morgan fingerprint density at radius 3 is 0.639 bits per heavy atom. The minimum Gasteiger partial charge on any atom is -0.462 e. The third-order valence-corrected chi connectivity index (χ3v) is 20.0. The van der Waals surface area contributed by atoms with Crippen LogP contribution in [0.4, 0.5) is 0 Å². The Morgan fingerprint density at radius 1 is 0.258 bits per heavy atom. The van der Waals surface area contributed by atoms with E-state index in [9.17, 15) is 43.2 Å². The fourth-order valence-corrected chi connectivity index (χ4v) is 13.5. The number of phosphoric acid groups is 2. The Morgan fingerprint density at radius 2 is 0.433 bits per heavy atom. The molecule has 0 saturated heterocycles. The van der Waals surface area contributed by atoms with Gasteiger partial charge in [0.05, 0.1) is 26.4 Å². The van der Waals surface area contributed by atoms with Crippen molar-refractivity contribution in [2.75, 3.05) is 39.6 Å². The molecule has 97 heavy (non-hydrogen) atoms. The molecule has 17 nitrogen and oxygen atoms in total. The Kier molecular flexibility index (Phi) is 65.9. The molecular weight excluding hydrogens is 1270 g/mol. The van der Waals surface area contributed by atoms with Gasteiger partial charge >= 0.3 is 39.5 Å². The van der Waals surface area contributed by atoms with Crippen molar-refractivity contribution < 1.29 is 80.2 Å². The highest BCUT2D eigenvalue weighted by molar-refractivity contribution is 7.47. The Labute approximate surface area is 594 Å². The van der Waals surface area contributed by atoms with Crippen LogP contribution in [0.3, 0.4) is 0 Å². The molecule has 0 aliphatic heterocycles. The maximum atomic E-state index is 13.1. The van der Waals surface area contributed by atoms with Crippen molar-refractivity contribution in [2.45, 2.75) is 414 Å². The molecule has 0 radical (unpaired) electrons. The second-order valence-corrected chi connectivity index (χ2v) is 32.9. The minimum absolute atomic E-state index is 0.106. The summed E-state index contributed by atoms with van der Waals surface area (Å²) < 4.78 is 68.7. The number of carbonyl (C=O) groups is 4. The van der Waals surface area contributed by atoms with Gasteiger partial charge in [0.1, 0.15) is 19.3 Å². The summed E-state index contributed by atoms with van der Waals surface area (Å²) in [7, 11) is -9.92. The second kappa shape index (κ2) is 67.2. The third kappa shape index (κ3) is 72.2. The molecule has 0 rings (SSSR count). The molecule has 576 valence electrons. The lowest BCUT2D eigenvalue weighted by Gasteiger charge is -2.21. The van der Waals surface area contributed by atoms with Crippen LogP contribution in [-0.4, -0.2) is 96.7 Å². The van der Waals surface area contributed by atoms with Crippen LogP contribution >= 0.6 is 15.6 Å². The molecule has 0 fully saturated rings. The van der Waals surface area contributed by atoms with Crippen molar-refractivity contribution in [1.29, 1.82) is 0 Å². The summed E-state index contributed by atoms with van der Waals surface area (Å²) >= 11 is 0. The fourth-order valence-electron chi connectivity index (χ4n) is 11.9. The highest BCUT2D eigenvalue weighted by Crippen LogP contribution is 2.45. The van der Waals surface area contributed by atoms with Gasteiger partial charge in [-0.15, -0.1) is 0 Å². The Hall–Kier alpha value is -1.94. The molecule has 3 N–H and O–H groups in total. The number of rotatable bonds is 75. The van der Waals surface area contributed by atoms with E-state index in [0.29, 0.717) is 25.7 Å². The lowest BCUT2D eigenvalue weighted by atomic mass is 10.0. The molecule has 0 aromatic rings. The van der Waals surface area contributed by atoms with Crippen LogP contribution in [0.15, 0.2) is 0 Å². The van der Waals surface area contributed by atoms with Crippen molar-refractivity contribution in [2.24, 2.45) is 23.7 Å². The van der Waals surface area contributed by atoms with Crippen LogP contribution in [-0.2, 0) is 65.4 Å². The number of phosphoric ester groups is 2. The first kappa shape index (κ1) is 95.1. The molecule has 19 heteroatoms. The lowest BCUT2D eigenvalue weighted by molar-refractivity contribution is -0.161. The molecular formula is C78H152O17P2. The van der Waals surface area contributed by atoms with E-state index >= 15 is 0 Å². The minimum atomic E-state index is -4.96. The number of esters is 4. The lowest BCUT2D eigenvalue weighted by Crippen LogP contribution is -2.30. The van der Waals surface area contributed by atoms with Crippen molar-refractivity contribution in [1.82, 2.24) is 0 Å². The van der Waals surface area contributed by atoms with E-state index in [4.69, 9.17) is 37.0 Å². The first-order chi connectivity index (χ1) is 46.6. The van der Waals surface area contributed by atoms with Gasteiger partial charge in [0, 0.05) is 25.7 Å². The molecule has 0 aliphatic carbocycles. The first-order valence-electron chi connectivity index (χ1n) is 40.2. The summed E-state index contributed by atoms with van der Waals surface area (Å²) in [5, 5.41) is 10.6. The van der Waals surface area contributed by atoms with Crippen LogP contribution < -0.4 is 0 Å². The molecule has 5 atom stereocenters. The number of hydrogen-bond acceptors (Lipinski definition) is 15. The van der Waals surface area contributed by atoms with Crippen LogP contribution in [0.1, 0.15) is 396 Å². The molecule has 0 aromatic carbocycles. The van der Waals surface area contributed by atoms with Crippen molar-refractivity contribution in [3.05, 3.63) is 0 Å². The molecule has 0 bridgehead atoms. The van der Waals surface area contributed by atoms with Gasteiger partial charge in [0.15, 0.2) is 12.2 Å². The second-order valence-electron chi connectivity index (χ2n) is 30.0. The van der Waals surface area contributed by atoms with E-state index in [0.717, 1.165) is 114 Å². The normalized spacial score (nSPS) is 14.1. The monoisotopic (exact) mass is 1420 g/mol. The van der Waals surface area contributed by atoms with Crippen LogP contribution in [0.25, 0.3) is 0 Å². The van der Waals surface area contributed by atoms with E-state index in [-0.39, 0.29) is 25.7 Å². The van der Waals surface area contributed by atoms with Crippen molar-refractivity contribution in [3.63, 3.8) is 0 Å². The van der Waals surface area contributed by atoms with Gasteiger partial charge in [-0.2, -0.15) is 0 Å². The number of carbonyl (C=O) groups excluding carboxylic acids is 4. The smallest absolute Gasteiger partial charge is 0.462 e. The molecule has 0 amide bonds. The number of unbranched alkanes of at least 4 members (excludes halogenated alkanes) is 41. The summed E-state index contributed by atoms with van der Waals surface area (Å²) in [5.74, 6) is 0.965. The molecule has 2 unspecified atom stereocenters. The van der Waals surface area contributed by atoms with Gasteiger partial charge in [-0.3, -0.25) is 37.3 Å². The van der Waals surface area contributed by atoms with Gasteiger partial charge in [0.2, 0.25) is 0 Å². The standard InChI is InChI=1S/C78H152O17P2/c1-68(2)54-46-38-30-22-14-10-9-11-17-28-36-44-52-60-77(82)94-73(64-88-75(80)58-50-42-34-26-18-12-15-23-31-39-47-55-69(3)4)66-92-96(84,85)90-62-72(79)63-91-97(86,87)93-67-74(65-89-76(81)59-51-43-35-27-21-20-25-33-41-49-57-71(7)8)95-78(83)61-53-45-37-29-19-13-16-24-32-40-48-56-70(5)6/h68-74,79H,9-67H2,1-8H3,(H,84,85)(H,86,87)/t72-,73-,74-/m1/s1. The summed E-state index contributed by atoms with van der Waals surface area (Å²) in [6.45, 7) is 14.2. The maximum Gasteiger partial charge on any atom is 0.472 e. The number of hydrogen-bond donors (Lipinski definition) is 3. The summed E-state index contributed by atoms with van der Waals surface area (Å²) in [6.07, 6.45) is 52.6. The Bertz CT molecular complexity index is 1900. The molecule has 0 aliphatic rings. The maximum absolute atomic E-state index is 13.1. The highest BCUT2D eigenvalue weighted by Gasteiger charge is 2.30. The zero-order chi connectivity index (χ0) is 71.7. The predicted octanol–water partition coefficient (Wildman–Crippen LogP) is 22.8. The third-order valence-electron chi connectivity index (χ3n) is 18.1. The summed E-state index contributed by atoms with van der Waals surface area (Å²) in [4.78, 5) is 73.0. The zero-order valence-electron chi connectivity index (χ0n) is 63.7. The van der Waals surface area contributed by atoms with Crippen LogP contribution in [0, 0.1) is 23.7 Å². The Balaban J connectivity index is 5.28. The molecule has 0 aromatic heterocycles. The molecule has 0 heterocycles. The van der Waals surface area contributed by atoms with Crippen LogP contribution in [0.2, 0.25) is 0 Å². The van der Waals surface area contributed by atoms with Gasteiger partial charge in [-0.1, -0.05) is 344 Å². The SMILES string of the molecule is CC(C)CCCCCCCCCCCCCCCC(=O)O[C@H](COC(=O)CCCCCCCCCCCCCC(C)C)COP(=O)(O)OC[C@@H](O)COP(=O)(O)OC[C@@H](COC(=O)CCCCCCCCCCCCC(C)C)OC(=O)CCCCCCCCCCCCCC(C)C. The van der Waals surface area contributed by atoms with Crippen molar-refractivity contribution in [3.8, 4) is 0 Å². The van der Waals surface area contributed by atoms with E-state index in [1.165, 1.54) is 199 Å². The summed E-state index contributed by atoms with van der Waals surface area (Å²) in [5.41, 5.74) is 0. The average molecular weight is 1420 g/mol. The topological polar surface area (TPSA) is 237 Å². The average Bonchev–Trinajstić information content (AvgIpc) is 1.13. The predicted molar refractivity (Wildman–Crippen MR) is 395 cm³/mol. The van der Waals surface area contributed by atoms with Gasteiger partial charge < -0.3 is 33.8 Å². The largest absolute Gasteiger partial charge is 0.472 e. The van der Waals surface area contributed by atoms with E-state index < -0.39 is 97.5 Å². The van der Waals surface area contributed by atoms with Crippen LogP contribution in [0.5, 0.6) is 0 Å². The number of aliphatic hydroxyl groups is 1. The zero-order valence-corrected chi connectivity index (χ0v) is 65.5. The summed E-state index contributed by atoms with van der Waals surface area (Å²) in [6, 6.07) is 0. The molecule has 0 saturated carbocycles. The van der Waals surface area contributed by atoms with E-state index in [1.54, 1.807) is 0 Å². The highest BCUT2D eigenvalue weighted by atomic mass is 31.2. The number of aliphatic hydroxyl groups excluding tert-OH is 1. The quantitative estimate of drug-likeness (QED) is 0.0222. The van der Waals surface area contributed by atoms with Gasteiger partial charge in [-0.25, -0.2) is 9.13 Å². The van der Waals surface area contributed by atoms with E-state index in [2.05, 4.69) is 55.4 Å². The van der Waals surface area contributed by atoms with E-state index in [1.807, 2.05) is 0 Å². The van der Waals surface area contributed by atoms with Gasteiger partial charge in [-0.05, 0) is 49.4 Å². The first-order valence-corrected chi connectivity index (χ1v) is 43.2. The number of ether oxygens (including phenoxy) is 4.